The average molecular weight is 230 g/mol. The van der Waals surface area contributed by atoms with Crippen molar-refractivity contribution < 1.29 is 4.74 Å². The molecule has 0 aliphatic rings. The minimum atomic E-state index is -0.513. The molecule has 5 heteroatoms. The Morgan fingerprint density at radius 3 is 2.67 bits per heavy atom. The van der Waals surface area contributed by atoms with Crippen molar-refractivity contribution in [3.05, 3.63) is 22.8 Å². The first-order valence-electron chi connectivity index (χ1n) is 4.60. The zero-order chi connectivity index (χ0) is 11.6. The highest BCUT2D eigenvalue weighted by Crippen LogP contribution is 2.30. The summed E-state index contributed by atoms with van der Waals surface area (Å²) in [5.41, 5.74) is 12.0. The molecule has 4 nitrogen and oxygen atoms in total. The number of hydrogen-bond donors (Lipinski definition) is 2. The second kappa shape index (κ2) is 4.35. The molecule has 84 valence electrons. The van der Waals surface area contributed by atoms with Gasteiger partial charge in [0, 0.05) is 18.9 Å². The lowest BCUT2D eigenvalue weighted by Crippen LogP contribution is -2.37. The molecule has 0 saturated heterocycles. The Hall–Kier alpha value is -0.840. The smallest absolute Gasteiger partial charge is 0.128 e. The summed E-state index contributed by atoms with van der Waals surface area (Å²) in [6, 6.07) is 1.35. The van der Waals surface area contributed by atoms with Gasteiger partial charge in [-0.25, -0.2) is 4.98 Å². The van der Waals surface area contributed by atoms with E-state index in [2.05, 4.69) is 4.98 Å². The van der Waals surface area contributed by atoms with Crippen molar-refractivity contribution in [2.75, 3.05) is 12.8 Å². The number of pyridine rings is 1. The van der Waals surface area contributed by atoms with Crippen molar-refractivity contribution in [1.29, 1.82) is 0 Å². The van der Waals surface area contributed by atoms with Gasteiger partial charge in [-0.2, -0.15) is 0 Å². The van der Waals surface area contributed by atoms with E-state index in [-0.39, 0.29) is 6.04 Å². The minimum absolute atomic E-state index is 0.367. The molecule has 0 aliphatic heterocycles. The molecule has 0 saturated carbocycles. The molecule has 0 aliphatic carbocycles. The molecular weight excluding hydrogens is 214 g/mol. The van der Waals surface area contributed by atoms with E-state index in [0.717, 1.165) is 0 Å². The van der Waals surface area contributed by atoms with Gasteiger partial charge in [-0.3, -0.25) is 0 Å². The first-order valence-corrected chi connectivity index (χ1v) is 4.98. The molecule has 0 fully saturated rings. The Balaban J connectivity index is 3.10. The summed E-state index contributed by atoms with van der Waals surface area (Å²) in [6.07, 6.45) is 1.49. The zero-order valence-corrected chi connectivity index (χ0v) is 9.88. The van der Waals surface area contributed by atoms with E-state index in [1.807, 2.05) is 13.8 Å². The largest absolute Gasteiger partial charge is 0.383 e. The number of rotatable bonds is 3. The first-order chi connectivity index (χ1) is 6.88. The third kappa shape index (κ3) is 2.59. The highest BCUT2D eigenvalue weighted by Gasteiger charge is 2.29. The van der Waals surface area contributed by atoms with Crippen LogP contribution in [0.5, 0.6) is 0 Å². The van der Waals surface area contributed by atoms with Gasteiger partial charge in [-0.1, -0.05) is 11.6 Å². The van der Waals surface area contributed by atoms with Gasteiger partial charge < -0.3 is 16.2 Å². The SMILES string of the molecule is COC(C)(C)C(N)c1cc(Cl)cnc1N. The van der Waals surface area contributed by atoms with Crippen molar-refractivity contribution in [1.82, 2.24) is 4.98 Å². The van der Waals surface area contributed by atoms with Crippen LogP contribution in [0.1, 0.15) is 25.5 Å². The monoisotopic (exact) mass is 229 g/mol. The number of nitrogens with zero attached hydrogens (tertiary/aromatic N) is 1. The van der Waals surface area contributed by atoms with Crippen LogP contribution in [0.2, 0.25) is 5.02 Å². The van der Waals surface area contributed by atoms with Crippen LogP contribution in [0.25, 0.3) is 0 Å². The maximum absolute atomic E-state index is 6.05. The molecule has 1 rings (SSSR count). The maximum Gasteiger partial charge on any atom is 0.128 e. The van der Waals surface area contributed by atoms with Crippen LogP contribution >= 0.6 is 11.6 Å². The molecule has 15 heavy (non-hydrogen) atoms. The molecule has 1 atom stereocenters. The minimum Gasteiger partial charge on any atom is -0.383 e. The molecule has 1 unspecified atom stereocenters. The summed E-state index contributed by atoms with van der Waals surface area (Å²) < 4.78 is 5.30. The van der Waals surface area contributed by atoms with Gasteiger partial charge in [-0.15, -0.1) is 0 Å². The molecule has 0 bridgehead atoms. The summed E-state index contributed by atoms with van der Waals surface area (Å²) in [5.74, 6) is 0.386. The van der Waals surface area contributed by atoms with Crippen LogP contribution in [0.15, 0.2) is 12.3 Å². The lowest BCUT2D eigenvalue weighted by molar-refractivity contribution is 0.0000795. The number of halogens is 1. The lowest BCUT2D eigenvalue weighted by Gasteiger charge is -2.30. The van der Waals surface area contributed by atoms with E-state index in [1.54, 1.807) is 13.2 Å². The predicted octanol–water partition coefficient (Wildman–Crippen LogP) is 1.74. The highest BCUT2D eigenvalue weighted by atomic mass is 35.5. The van der Waals surface area contributed by atoms with E-state index in [4.69, 9.17) is 27.8 Å². The molecule has 0 aromatic carbocycles. The van der Waals surface area contributed by atoms with Crippen LogP contribution < -0.4 is 11.5 Å². The molecule has 4 N–H and O–H groups in total. The number of nitrogen functional groups attached to an aromatic ring is 1. The number of ether oxygens (including phenoxy) is 1. The normalized spacial score (nSPS) is 13.9. The Bertz CT molecular complexity index is 355. The summed E-state index contributed by atoms with van der Waals surface area (Å²) in [5, 5.41) is 0.515. The van der Waals surface area contributed by atoms with Gasteiger partial charge in [0.1, 0.15) is 5.82 Å². The average Bonchev–Trinajstić information content (AvgIpc) is 2.20. The van der Waals surface area contributed by atoms with Gasteiger partial charge in [-0.05, 0) is 19.9 Å². The fourth-order valence-corrected chi connectivity index (χ4v) is 1.38. The number of nitrogens with two attached hydrogens (primary N) is 2. The Morgan fingerprint density at radius 1 is 1.53 bits per heavy atom. The topological polar surface area (TPSA) is 74.2 Å². The fourth-order valence-electron chi connectivity index (χ4n) is 1.22. The van der Waals surface area contributed by atoms with Gasteiger partial charge in [0.2, 0.25) is 0 Å². The quantitative estimate of drug-likeness (QED) is 0.828. The van der Waals surface area contributed by atoms with Crippen molar-refractivity contribution in [3.8, 4) is 0 Å². The molecule has 0 amide bonds. The van der Waals surface area contributed by atoms with Crippen molar-refractivity contribution in [2.24, 2.45) is 5.73 Å². The van der Waals surface area contributed by atoms with E-state index in [9.17, 15) is 0 Å². The number of hydrogen-bond acceptors (Lipinski definition) is 4. The zero-order valence-electron chi connectivity index (χ0n) is 9.12. The fraction of sp³-hybridized carbons (Fsp3) is 0.500. The molecule has 1 aromatic heterocycles. The maximum atomic E-state index is 6.05. The Morgan fingerprint density at radius 2 is 2.13 bits per heavy atom. The van der Waals surface area contributed by atoms with E-state index >= 15 is 0 Å². The predicted molar refractivity (Wildman–Crippen MR) is 61.7 cm³/mol. The second-order valence-corrected chi connectivity index (χ2v) is 4.35. The van der Waals surface area contributed by atoms with Gasteiger partial charge in [0.25, 0.3) is 0 Å². The Kier molecular flexibility index (Phi) is 3.54. The van der Waals surface area contributed by atoms with Crippen LogP contribution in [-0.2, 0) is 4.74 Å². The highest BCUT2D eigenvalue weighted by molar-refractivity contribution is 6.30. The van der Waals surface area contributed by atoms with Crippen LogP contribution in [0.3, 0.4) is 0 Å². The van der Waals surface area contributed by atoms with Gasteiger partial charge >= 0.3 is 0 Å². The van der Waals surface area contributed by atoms with Crippen molar-refractivity contribution in [2.45, 2.75) is 25.5 Å². The second-order valence-electron chi connectivity index (χ2n) is 3.91. The lowest BCUT2D eigenvalue weighted by atomic mass is 9.93. The first kappa shape index (κ1) is 12.2. The number of aromatic nitrogens is 1. The number of anilines is 1. The molecule has 0 spiro atoms. The third-order valence-electron chi connectivity index (χ3n) is 2.53. The van der Waals surface area contributed by atoms with E-state index in [1.165, 1.54) is 6.20 Å². The summed E-state index contributed by atoms with van der Waals surface area (Å²) in [4.78, 5) is 3.96. The number of methoxy groups -OCH3 is 1. The standard InChI is InChI=1S/C10H16ClN3O/c1-10(2,15-3)8(12)7-4-6(11)5-14-9(7)13/h4-5,8H,12H2,1-3H3,(H2,13,14). The van der Waals surface area contributed by atoms with E-state index in [0.29, 0.717) is 16.4 Å². The van der Waals surface area contributed by atoms with E-state index < -0.39 is 5.60 Å². The molecule has 0 radical (unpaired) electrons. The van der Waals surface area contributed by atoms with Crippen LogP contribution in [0, 0.1) is 0 Å². The van der Waals surface area contributed by atoms with Gasteiger partial charge in [0.05, 0.1) is 16.7 Å². The Labute approximate surface area is 94.6 Å². The van der Waals surface area contributed by atoms with Crippen molar-refractivity contribution >= 4 is 17.4 Å². The van der Waals surface area contributed by atoms with Crippen molar-refractivity contribution in [3.63, 3.8) is 0 Å². The summed E-state index contributed by atoms with van der Waals surface area (Å²) in [6.45, 7) is 3.77. The van der Waals surface area contributed by atoms with Gasteiger partial charge in [0.15, 0.2) is 0 Å². The molecule has 1 aromatic rings. The summed E-state index contributed by atoms with van der Waals surface area (Å²) >= 11 is 5.84. The molecular formula is C10H16ClN3O. The molecule has 1 heterocycles. The van der Waals surface area contributed by atoms with Crippen LogP contribution in [-0.4, -0.2) is 17.7 Å². The third-order valence-corrected chi connectivity index (χ3v) is 2.73. The van der Waals surface area contributed by atoms with Crippen LogP contribution in [0.4, 0.5) is 5.82 Å². The summed E-state index contributed by atoms with van der Waals surface area (Å²) in [7, 11) is 1.61.